The summed E-state index contributed by atoms with van der Waals surface area (Å²) in [4.78, 5) is 254. The number of carbonyl (C=O) groups excluding carboxylic acids is 16. The number of amides is 16. The Morgan fingerprint density at radius 1 is 0.530 bits per heavy atom. The number of rotatable bonds is 34. The van der Waals surface area contributed by atoms with Gasteiger partial charge >= 0.3 is 11.9 Å². The number of nitrogens with zero attached hydrogens (tertiary/aromatic N) is 1. The standard InChI is InChI=1S/C75H120N18O21S3/c1-37(2)25-49-66(105)82-46(20-21-59(76)96)64(103)85-51(27-40-32-79-44-17-10-8-15-42(40)44)69(108)87-53(29-60(77)97)70(109)92-57(75(114)93-23-12-19-58(93)74(113)89-50(26-39-13-6-5-7-14-39)67(106)83-48(63(78)102)30-61(98)99)36-117-116-35-56(73(112)86-52(68(107)84-49)28-41-33-80-45-18-11-9-16-43(41)45)91-71(110)54(31-62(100)101)88-72(111)55(34-94)90-65(104)47(22-24-115-4)81-38(3)95/h37,39-58,79-80,94H,5-36H2,1-4H3,(H2,76,96)(H2,77,97)(H2,78,102)(H,81,95)(H,82,105)(H,83,106)(H,84,107)(H,85,103)(H,86,112)(H,87,108)(H,88,111)(H,89,113)(H,90,104)(H,91,110)(H,92,109)(H,98,99)(H,100,101)/t40?,41?,42?,43?,44?,45?,46-,47-,48-,49-,50-,51-,52-,53-,54-,55-,56-,57-,58-/m0/s1. The number of nitrogens with two attached hydrogens (primary N) is 3. The summed E-state index contributed by atoms with van der Waals surface area (Å²) in [6.07, 6.45) is 8.40. The Hall–Kier alpha value is -8.61. The van der Waals surface area contributed by atoms with Gasteiger partial charge < -0.3 is 112 Å². The quantitative estimate of drug-likeness (QED) is 0.0272. The molecule has 4 saturated heterocycles. The zero-order chi connectivity index (χ0) is 85.7. The van der Waals surface area contributed by atoms with E-state index in [4.69, 9.17) is 17.2 Å². The van der Waals surface area contributed by atoms with Crippen LogP contribution in [0.25, 0.3) is 0 Å². The lowest BCUT2D eigenvalue weighted by Crippen LogP contribution is -2.61. The fourth-order valence-corrected chi connectivity index (χ4v) is 19.7. The third-order valence-electron chi connectivity index (χ3n) is 22.9. The number of aliphatic hydroxyl groups is 1. The van der Waals surface area contributed by atoms with Crippen LogP contribution in [0.3, 0.4) is 0 Å². The maximum absolute atomic E-state index is 15.6. The summed E-state index contributed by atoms with van der Waals surface area (Å²) < 4.78 is 0. The Balaban J connectivity index is 1.32. The Morgan fingerprint density at radius 3 is 1.60 bits per heavy atom. The number of aliphatic hydroxyl groups excluding tert-OH is 1. The minimum Gasteiger partial charge on any atom is -0.481 e. The first-order valence-electron chi connectivity index (χ1n) is 40.7. The van der Waals surface area contributed by atoms with Gasteiger partial charge in [-0.05, 0) is 138 Å². The molecule has 39 nitrogen and oxygen atoms in total. The highest BCUT2D eigenvalue weighted by Gasteiger charge is 2.46. The normalized spacial score (nSPS) is 27.9. The van der Waals surface area contributed by atoms with Crippen molar-refractivity contribution in [2.45, 2.75) is 272 Å². The summed E-state index contributed by atoms with van der Waals surface area (Å²) in [6.45, 7) is 4.18. The molecule has 19 atom stereocenters. The maximum Gasteiger partial charge on any atom is 0.305 e. The van der Waals surface area contributed by atoms with E-state index in [2.05, 4.69) is 74.4 Å². The highest BCUT2D eigenvalue weighted by atomic mass is 33.1. The smallest absolute Gasteiger partial charge is 0.305 e. The first-order valence-corrected chi connectivity index (χ1v) is 44.5. The number of likely N-dealkylation sites (tertiary alicyclic amines) is 1. The van der Waals surface area contributed by atoms with Crippen LogP contribution in [-0.2, 0) is 86.3 Å². The molecule has 4 aliphatic heterocycles. The Kier molecular flexibility index (Phi) is 38.6. The van der Waals surface area contributed by atoms with Gasteiger partial charge in [0.2, 0.25) is 94.5 Å². The molecule has 3 aliphatic carbocycles. The number of primary amides is 3. The topological polar surface area (TPSA) is 618 Å². The first-order chi connectivity index (χ1) is 55.6. The molecule has 0 radical (unpaired) electrons. The zero-order valence-electron chi connectivity index (χ0n) is 66.8. The third-order valence-corrected chi connectivity index (χ3v) is 26.0. The van der Waals surface area contributed by atoms with Gasteiger partial charge in [-0.2, -0.15) is 11.8 Å². The SMILES string of the molecule is CSCC[C@H](NC(C)=O)C(=O)N[C@@H](CO)C(=O)N[C@@H](CC(=O)O)C(=O)N[C@H]1CSSC[C@@H](C(=O)N2CCC[C@H]2C(=O)N[C@@H](CC2CCCCC2)C(=O)N[C@@H](CC(=O)O)C(N)=O)NC(=O)[C@H](CC(N)=O)NC(=O)[C@H](CC2CNC3CCCCC23)NC(=O)[C@H](CCC(N)=O)NC(=O)[C@H](CC(C)C)NC(=O)[C@H](CC2CNC3CCCCC23)NC1=O. The number of fused-ring (bicyclic) bond motifs is 2. The van der Waals surface area contributed by atoms with Crippen molar-refractivity contribution in [2.75, 3.05) is 49.8 Å². The Morgan fingerprint density at radius 2 is 1.03 bits per heavy atom. The van der Waals surface area contributed by atoms with E-state index in [0.29, 0.717) is 31.7 Å². The molecule has 4 heterocycles. The van der Waals surface area contributed by atoms with Gasteiger partial charge in [-0.15, -0.1) is 0 Å². The van der Waals surface area contributed by atoms with Crippen molar-refractivity contribution < 1.29 is 102 Å². The summed E-state index contributed by atoms with van der Waals surface area (Å²) in [5, 5.41) is 68.1. The summed E-state index contributed by atoms with van der Waals surface area (Å²) in [7, 11) is 1.55. The zero-order valence-corrected chi connectivity index (χ0v) is 69.3. The summed E-state index contributed by atoms with van der Waals surface area (Å²) in [6, 6.07) is -21.3. The molecule has 7 aliphatic rings. The van der Waals surface area contributed by atoms with Gasteiger partial charge in [0.25, 0.3) is 0 Å². The van der Waals surface area contributed by atoms with Crippen molar-refractivity contribution in [2.24, 2.45) is 52.7 Å². The fourth-order valence-electron chi connectivity index (χ4n) is 16.9. The first kappa shape index (κ1) is 95.5. The van der Waals surface area contributed by atoms with E-state index in [1.54, 1.807) is 20.1 Å². The number of aliphatic carboxylic acids is 2. The molecule has 16 amide bonds. The van der Waals surface area contributed by atoms with Crippen molar-refractivity contribution >= 4 is 140 Å². The monoisotopic (exact) mass is 1700 g/mol. The molecule has 3 saturated carbocycles. The second kappa shape index (κ2) is 47.3. The summed E-state index contributed by atoms with van der Waals surface area (Å²) >= 11 is 1.34. The second-order valence-electron chi connectivity index (χ2n) is 32.2. The average Bonchev–Trinajstić information content (AvgIpc) is 1.72. The molecule has 7 rings (SSSR count). The van der Waals surface area contributed by atoms with Crippen molar-refractivity contribution in [1.29, 1.82) is 0 Å². The molecule has 117 heavy (non-hydrogen) atoms. The van der Waals surface area contributed by atoms with Crippen molar-refractivity contribution in [3.05, 3.63) is 0 Å². The Labute approximate surface area is 691 Å². The lowest BCUT2D eigenvalue weighted by molar-refractivity contribution is -0.142. The van der Waals surface area contributed by atoms with Crippen LogP contribution in [-0.4, -0.2) is 267 Å². The van der Waals surface area contributed by atoms with Gasteiger partial charge in [0.05, 0.1) is 25.9 Å². The number of hydrogen-bond donors (Lipinski definition) is 20. The van der Waals surface area contributed by atoms with Crippen LogP contribution in [0.1, 0.15) is 181 Å². The minimum atomic E-state index is -2.10. The van der Waals surface area contributed by atoms with E-state index < -0.39 is 235 Å². The largest absolute Gasteiger partial charge is 0.481 e. The summed E-state index contributed by atoms with van der Waals surface area (Å²) in [5.74, 6) is -21.2. The molecule has 0 aromatic heterocycles. The van der Waals surface area contributed by atoms with Crippen LogP contribution in [0.4, 0.5) is 0 Å². The van der Waals surface area contributed by atoms with Crippen LogP contribution < -0.4 is 91.6 Å². The molecule has 0 aromatic carbocycles. The molecular weight excluding hydrogens is 1590 g/mol. The molecule has 654 valence electrons. The van der Waals surface area contributed by atoms with E-state index in [0.717, 1.165) is 104 Å². The third kappa shape index (κ3) is 30.0. The fraction of sp³-hybridized carbons (Fsp3) is 0.760. The van der Waals surface area contributed by atoms with Crippen LogP contribution in [0.2, 0.25) is 0 Å². The minimum absolute atomic E-state index is 0.000166. The number of thioether (sulfide) groups is 1. The lowest BCUT2D eigenvalue weighted by atomic mass is 9.77. The highest BCUT2D eigenvalue weighted by Crippen LogP contribution is 2.39. The Bertz CT molecular complexity index is 3560. The van der Waals surface area contributed by atoms with E-state index in [1.165, 1.54) is 11.8 Å². The van der Waals surface area contributed by atoms with Gasteiger partial charge in [-0.25, -0.2) is 0 Å². The van der Waals surface area contributed by atoms with Gasteiger partial charge in [0.1, 0.15) is 78.5 Å². The number of carboxylic acid groups (broad SMARTS) is 2. The number of carboxylic acids is 2. The van der Waals surface area contributed by atoms with Crippen molar-refractivity contribution in [1.82, 2.24) is 79.3 Å². The van der Waals surface area contributed by atoms with E-state index in [-0.39, 0.29) is 99.1 Å². The summed E-state index contributed by atoms with van der Waals surface area (Å²) in [5.41, 5.74) is 17.0. The predicted octanol–water partition coefficient (Wildman–Crippen LogP) is -4.12. The average molecular weight is 1710 g/mol. The highest BCUT2D eigenvalue weighted by molar-refractivity contribution is 8.76. The maximum atomic E-state index is 15.6. The number of nitrogens with one attached hydrogen (secondary N) is 14. The van der Waals surface area contributed by atoms with Gasteiger partial charge in [0.15, 0.2) is 0 Å². The van der Waals surface area contributed by atoms with Gasteiger partial charge in [-0.3, -0.25) is 86.3 Å². The van der Waals surface area contributed by atoms with E-state index in [9.17, 15) is 68.1 Å². The molecule has 0 spiro atoms. The van der Waals surface area contributed by atoms with Gasteiger partial charge in [0, 0.05) is 43.5 Å². The molecular formula is C75H120N18O21S3. The van der Waals surface area contributed by atoms with Crippen LogP contribution >= 0.6 is 33.3 Å². The van der Waals surface area contributed by atoms with E-state index in [1.807, 2.05) is 0 Å². The predicted molar refractivity (Wildman–Crippen MR) is 429 cm³/mol. The van der Waals surface area contributed by atoms with Gasteiger partial charge in [-0.1, -0.05) is 93.2 Å². The number of carbonyl (C=O) groups is 18. The van der Waals surface area contributed by atoms with Crippen molar-refractivity contribution in [3.8, 4) is 0 Å². The molecule has 23 N–H and O–H groups in total. The molecule has 0 bridgehead atoms. The molecule has 42 heteroatoms. The van der Waals surface area contributed by atoms with Crippen LogP contribution in [0, 0.1) is 35.5 Å². The van der Waals surface area contributed by atoms with Crippen LogP contribution in [0.15, 0.2) is 0 Å². The van der Waals surface area contributed by atoms with Crippen molar-refractivity contribution in [3.63, 3.8) is 0 Å². The molecule has 0 aromatic rings. The molecule has 7 fully saturated rings. The van der Waals surface area contributed by atoms with E-state index >= 15 is 33.6 Å². The van der Waals surface area contributed by atoms with Crippen LogP contribution in [0.5, 0.6) is 0 Å². The lowest BCUT2D eigenvalue weighted by Gasteiger charge is -2.32. The molecule has 6 unspecified atom stereocenters. The second-order valence-corrected chi connectivity index (χ2v) is 35.7. The number of hydrogen-bond acceptors (Lipinski definition) is 24.